The van der Waals surface area contributed by atoms with Gasteiger partial charge in [0.25, 0.3) is 0 Å². The Bertz CT molecular complexity index is 824. The Labute approximate surface area is 155 Å². The van der Waals surface area contributed by atoms with E-state index in [1.807, 2.05) is 48.5 Å². The number of carbonyl (C=O) groups is 1. The number of methoxy groups -OCH3 is 2. The van der Waals surface area contributed by atoms with E-state index in [1.165, 1.54) is 11.3 Å². The molecule has 3 N–H and O–H groups in total. The lowest BCUT2D eigenvalue weighted by atomic mass is 10.1. The van der Waals surface area contributed by atoms with E-state index in [0.29, 0.717) is 6.54 Å². The molecule has 26 heavy (non-hydrogen) atoms. The predicted molar refractivity (Wildman–Crippen MR) is 103 cm³/mol. The van der Waals surface area contributed by atoms with E-state index in [1.54, 1.807) is 14.2 Å². The number of urea groups is 1. The number of thiazole rings is 1. The summed E-state index contributed by atoms with van der Waals surface area (Å²) in [6, 6.07) is 15.0. The Hall–Kier alpha value is -3.06. The fourth-order valence-electron chi connectivity index (χ4n) is 2.49. The van der Waals surface area contributed by atoms with E-state index >= 15 is 0 Å². The van der Waals surface area contributed by atoms with Gasteiger partial charge in [0.2, 0.25) is 0 Å². The van der Waals surface area contributed by atoms with E-state index in [4.69, 9.17) is 20.2 Å². The van der Waals surface area contributed by atoms with Crippen LogP contribution in [0.5, 0.6) is 11.5 Å². The summed E-state index contributed by atoms with van der Waals surface area (Å²) in [5.41, 5.74) is 8.02. The van der Waals surface area contributed by atoms with Crippen LogP contribution < -0.4 is 20.5 Å². The maximum Gasteiger partial charge on any atom is 0.312 e. The molecule has 0 aliphatic rings. The van der Waals surface area contributed by atoms with Crippen molar-refractivity contribution in [2.75, 3.05) is 14.2 Å². The van der Waals surface area contributed by atoms with Crippen molar-refractivity contribution in [1.82, 2.24) is 10.3 Å². The number of primary amides is 1. The van der Waals surface area contributed by atoms with Crippen molar-refractivity contribution in [3.8, 4) is 33.2 Å². The third kappa shape index (κ3) is 3.94. The molecule has 134 valence electrons. The highest BCUT2D eigenvalue weighted by Gasteiger charge is 2.15. The van der Waals surface area contributed by atoms with Gasteiger partial charge in [0.1, 0.15) is 16.5 Å². The largest absolute Gasteiger partial charge is 0.497 e. The number of amides is 2. The molecule has 7 heteroatoms. The van der Waals surface area contributed by atoms with Crippen LogP contribution in [0.25, 0.3) is 21.7 Å². The van der Waals surface area contributed by atoms with Crippen molar-refractivity contribution in [3.63, 3.8) is 0 Å². The molecule has 0 bridgehead atoms. The third-order valence-corrected chi connectivity index (χ3v) is 4.91. The number of carbonyl (C=O) groups excluding carboxylic acids is 1. The highest BCUT2D eigenvalue weighted by atomic mass is 32.1. The van der Waals surface area contributed by atoms with Crippen LogP contribution in [0.3, 0.4) is 0 Å². The van der Waals surface area contributed by atoms with Crippen LogP contribution in [0.15, 0.2) is 48.5 Å². The summed E-state index contributed by atoms with van der Waals surface area (Å²) >= 11 is 1.52. The molecule has 0 saturated heterocycles. The molecule has 1 aromatic heterocycles. The minimum atomic E-state index is -0.572. The van der Waals surface area contributed by atoms with Gasteiger partial charge in [-0.15, -0.1) is 11.3 Å². The minimum Gasteiger partial charge on any atom is -0.497 e. The highest BCUT2D eigenvalue weighted by molar-refractivity contribution is 7.15. The minimum absolute atomic E-state index is 0.291. The van der Waals surface area contributed by atoms with Crippen molar-refractivity contribution in [2.45, 2.75) is 6.54 Å². The number of nitrogens with one attached hydrogen (secondary N) is 1. The van der Waals surface area contributed by atoms with E-state index < -0.39 is 6.03 Å². The van der Waals surface area contributed by atoms with Crippen LogP contribution in [-0.4, -0.2) is 25.2 Å². The lowest BCUT2D eigenvalue weighted by Crippen LogP contribution is -2.28. The lowest BCUT2D eigenvalue weighted by molar-refractivity contribution is 0.248. The third-order valence-electron chi connectivity index (χ3n) is 3.80. The fourth-order valence-corrected chi connectivity index (χ4v) is 3.52. The SMILES string of the molecule is COc1ccc(-c2nc(CNC(N)=O)sc2-c2ccc(OC)cc2)cc1. The molecule has 2 aromatic carbocycles. The summed E-state index contributed by atoms with van der Waals surface area (Å²) in [7, 11) is 3.27. The second-order valence-electron chi connectivity index (χ2n) is 5.46. The molecule has 0 aliphatic heterocycles. The van der Waals surface area contributed by atoms with Crippen molar-refractivity contribution in [1.29, 1.82) is 0 Å². The highest BCUT2D eigenvalue weighted by Crippen LogP contribution is 2.38. The standard InChI is InChI=1S/C19H19N3O3S/c1-24-14-7-3-12(4-8-14)17-18(13-5-9-15(25-2)10-6-13)26-16(22-17)11-21-19(20)23/h3-10H,11H2,1-2H3,(H3,20,21,23). The quantitative estimate of drug-likeness (QED) is 0.694. The Balaban J connectivity index is 2.02. The molecule has 0 aliphatic carbocycles. The van der Waals surface area contributed by atoms with E-state index in [2.05, 4.69) is 5.32 Å². The molecule has 0 spiro atoms. The summed E-state index contributed by atoms with van der Waals surface area (Å²) in [4.78, 5) is 16.7. The molecular weight excluding hydrogens is 350 g/mol. The van der Waals surface area contributed by atoms with Crippen molar-refractivity contribution >= 4 is 17.4 Å². The van der Waals surface area contributed by atoms with Crippen LogP contribution in [0, 0.1) is 0 Å². The molecule has 2 amide bonds. The van der Waals surface area contributed by atoms with Gasteiger partial charge in [0.15, 0.2) is 0 Å². The zero-order valence-electron chi connectivity index (χ0n) is 14.5. The second-order valence-corrected chi connectivity index (χ2v) is 6.54. The first-order chi connectivity index (χ1) is 12.6. The molecule has 0 unspecified atom stereocenters. The fraction of sp³-hybridized carbons (Fsp3) is 0.158. The number of hydrogen-bond acceptors (Lipinski definition) is 5. The first-order valence-electron chi connectivity index (χ1n) is 7.92. The zero-order valence-corrected chi connectivity index (χ0v) is 15.3. The maximum atomic E-state index is 11.0. The molecule has 3 aromatic rings. The summed E-state index contributed by atoms with van der Waals surface area (Å²) in [5, 5.41) is 3.37. The van der Waals surface area contributed by atoms with Crippen molar-refractivity contribution < 1.29 is 14.3 Å². The first-order valence-corrected chi connectivity index (χ1v) is 8.74. The topological polar surface area (TPSA) is 86.5 Å². The molecule has 0 radical (unpaired) electrons. The van der Waals surface area contributed by atoms with Crippen LogP contribution in [0.2, 0.25) is 0 Å². The molecule has 0 atom stereocenters. The lowest BCUT2D eigenvalue weighted by Gasteiger charge is -2.05. The molecule has 0 saturated carbocycles. The molecule has 3 rings (SSSR count). The first kappa shape index (κ1) is 17.8. The molecular formula is C19H19N3O3S. The van der Waals surface area contributed by atoms with Crippen LogP contribution >= 0.6 is 11.3 Å². The van der Waals surface area contributed by atoms with Gasteiger partial charge in [-0.3, -0.25) is 0 Å². The molecule has 0 fully saturated rings. The van der Waals surface area contributed by atoms with Gasteiger partial charge < -0.3 is 20.5 Å². The van der Waals surface area contributed by atoms with E-state index in [0.717, 1.165) is 38.2 Å². The summed E-state index contributed by atoms with van der Waals surface area (Å²) < 4.78 is 10.5. The Morgan fingerprint density at radius 2 is 1.54 bits per heavy atom. The number of nitrogens with zero attached hydrogens (tertiary/aromatic N) is 1. The molecule has 1 heterocycles. The van der Waals surface area contributed by atoms with Gasteiger partial charge in [-0.25, -0.2) is 9.78 Å². The van der Waals surface area contributed by atoms with Crippen molar-refractivity contribution in [2.24, 2.45) is 5.73 Å². The molecule has 6 nitrogen and oxygen atoms in total. The second kappa shape index (κ2) is 7.88. The average molecular weight is 369 g/mol. The smallest absolute Gasteiger partial charge is 0.312 e. The Morgan fingerprint density at radius 1 is 1.00 bits per heavy atom. The van der Waals surface area contributed by atoms with Gasteiger partial charge in [-0.1, -0.05) is 0 Å². The monoisotopic (exact) mass is 369 g/mol. The van der Waals surface area contributed by atoms with Gasteiger partial charge in [0.05, 0.1) is 31.3 Å². The van der Waals surface area contributed by atoms with Crippen molar-refractivity contribution in [3.05, 3.63) is 53.5 Å². The van der Waals surface area contributed by atoms with Gasteiger partial charge in [-0.05, 0) is 54.1 Å². The summed E-state index contributed by atoms with van der Waals surface area (Å²) in [6.07, 6.45) is 0. The Morgan fingerprint density at radius 3 is 2.04 bits per heavy atom. The van der Waals surface area contributed by atoms with Crippen LogP contribution in [0.1, 0.15) is 5.01 Å². The number of aromatic nitrogens is 1. The van der Waals surface area contributed by atoms with Gasteiger partial charge >= 0.3 is 6.03 Å². The average Bonchev–Trinajstić information content (AvgIpc) is 3.11. The number of nitrogens with two attached hydrogens (primary N) is 1. The predicted octanol–water partition coefficient (Wildman–Crippen LogP) is 3.66. The Kier molecular flexibility index (Phi) is 5.38. The zero-order chi connectivity index (χ0) is 18.5. The number of ether oxygens (including phenoxy) is 2. The summed E-state index contributed by atoms with van der Waals surface area (Å²) in [5.74, 6) is 1.57. The number of benzene rings is 2. The van der Waals surface area contributed by atoms with Gasteiger partial charge in [-0.2, -0.15) is 0 Å². The van der Waals surface area contributed by atoms with E-state index in [-0.39, 0.29) is 0 Å². The van der Waals surface area contributed by atoms with Crippen LogP contribution in [-0.2, 0) is 6.54 Å². The summed E-state index contributed by atoms with van der Waals surface area (Å²) in [6.45, 7) is 0.291. The number of rotatable bonds is 6. The number of hydrogen-bond donors (Lipinski definition) is 2. The van der Waals surface area contributed by atoms with Gasteiger partial charge in [0, 0.05) is 5.56 Å². The maximum absolute atomic E-state index is 11.0. The normalized spacial score (nSPS) is 10.4. The van der Waals surface area contributed by atoms with E-state index in [9.17, 15) is 4.79 Å². The van der Waals surface area contributed by atoms with Crippen LogP contribution in [0.4, 0.5) is 4.79 Å².